The number of benzene rings is 1. The van der Waals surface area contributed by atoms with Gasteiger partial charge in [-0.25, -0.2) is 4.98 Å². The number of nitrogens with two attached hydrogens (primary N) is 1. The molecule has 0 aliphatic heterocycles. The third-order valence-corrected chi connectivity index (χ3v) is 3.13. The molecule has 0 aliphatic carbocycles. The number of nitrogens with zero attached hydrogens (tertiary/aromatic N) is 1. The van der Waals surface area contributed by atoms with Gasteiger partial charge in [-0.2, -0.15) is 0 Å². The van der Waals surface area contributed by atoms with Crippen LogP contribution in [-0.4, -0.2) is 30.5 Å². The summed E-state index contributed by atoms with van der Waals surface area (Å²) >= 11 is 1.20. The third-order valence-electron chi connectivity index (χ3n) is 2.46. The van der Waals surface area contributed by atoms with Crippen LogP contribution in [0.15, 0.2) is 29.6 Å². The predicted octanol–water partition coefficient (Wildman–Crippen LogP) is 1.56. The van der Waals surface area contributed by atoms with Gasteiger partial charge in [-0.05, 0) is 24.3 Å². The molecule has 8 heteroatoms. The summed E-state index contributed by atoms with van der Waals surface area (Å²) in [6.07, 6.45) is 0. The van der Waals surface area contributed by atoms with E-state index in [4.69, 9.17) is 10.5 Å². The molecule has 0 spiro atoms. The molecule has 1 aromatic heterocycles. The number of amides is 2. The van der Waals surface area contributed by atoms with Crippen LogP contribution in [0.5, 0.6) is 0 Å². The van der Waals surface area contributed by atoms with Gasteiger partial charge in [0.1, 0.15) is 12.3 Å². The van der Waals surface area contributed by atoms with Crippen molar-refractivity contribution in [1.29, 1.82) is 0 Å². The van der Waals surface area contributed by atoms with Crippen LogP contribution in [0.3, 0.4) is 0 Å². The Morgan fingerprint density at radius 3 is 2.38 bits per heavy atom. The van der Waals surface area contributed by atoms with E-state index in [0.29, 0.717) is 16.5 Å². The number of nitrogens with one attached hydrogen (secondary N) is 2. The second-order valence-electron chi connectivity index (χ2n) is 4.08. The molecule has 4 N–H and O–H groups in total. The van der Waals surface area contributed by atoms with Crippen molar-refractivity contribution in [3.63, 3.8) is 0 Å². The van der Waals surface area contributed by atoms with Crippen molar-refractivity contribution in [2.75, 3.05) is 30.1 Å². The summed E-state index contributed by atoms with van der Waals surface area (Å²) in [6, 6.07) is 6.71. The number of thiazole rings is 1. The van der Waals surface area contributed by atoms with E-state index in [-0.39, 0.29) is 24.1 Å². The fourth-order valence-corrected chi connectivity index (χ4v) is 2.10. The normalized spacial score (nSPS) is 10.1. The molecule has 21 heavy (non-hydrogen) atoms. The van der Waals surface area contributed by atoms with Gasteiger partial charge in [0.2, 0.25) is 5.91 Å². The number of rotatable bonds is 5. The lowest BCUT2D eigenvalue weighted by molar-refractivity contribution is -0.119. The number of anilines is 3. The molecular formula is C13H14N4O3S. The SMILES string of the molecule is COCC(=O)Nc1ccc(NC(=O)c2csc(N)n2)cc1. The first-order chi connectivity index (χ1) is 10.1. The number of methoxy groups -OCH3 is 1. The Hall–Kier alpha value is -2.45. The average Bonchev–Trinajstić information content (AvgIpc) is 2.88. The lowest BCUT2D eigenvalue weighted by Crippen LogP contribution is -2.17. The summed E-state index contributed by atoms with van der Waals surface area (Å²) in [6.45, 7) is -0.0102. The first-order valence-corrected chi connectivity index (χ1v) is 6.87. The molecule has 0 unspecified atom stereocenters. The maximum atomic E-state index is 11.9. The standard InChI is InChI=1S/C13H14N4O3S/c1-20-6-11(18)15-8-2-4-9(5-3-8)16-12(19)10-7-21-13(14)17-10/h2-5,7H,6H2,1H3,(H2,14,17)(H,15,18)(H,16,19). The van der Waals surface area contributed by atoms with Crippen molar-refractivity contribution < 1.29 is 14.3 Å². The number of ether oxygens (including phenoxy) is 1. The number of carbonyl (C=O) groups excluding carboxylic acids is 2. The summed E-state index contributed by atoms with van der Waals surface area (Å²) in [5.41, 5.74) is 6.96. The van der Waals surface area contributed by atoms with Crippen LogP contribution in [0.2, 0.25) is 0 Å². The van der Waals surface area contributed by atoms with Gasteiger partial charge in [0, 0.05) is 23.9 Å². The van der Waals surface area contributed by atoms with Crippen LogP contribution < -0.4 is 16.4 Å². The van der Waals surface area contributed by atoms with E-state index in [1.165, 1.54) is 18.4 Å². The maximum Gasteiger partial charge on any atom is 0.275 e. The van der Waals surface area contributed by atoms with E-state index in [1.807, 2.05) is 0 Å². The molecule has 2 rings (SSSR count). The topological polar surface area (TPSA) is 106 Å². The zero-order valence-electron chi connectivity index (χ0n) is 11.3. The van der Waals surface area contributed by atoms with Crippen LogP contribution in [0.25, 0.3) is 0 Å². The van der Waals surface area contributed by atoms with Crippen LogP contribution in [0, 0.1) is 0 Å². The lowest BCUT2D eigenvalue weighted by Gasteiger charge is -2.06. The highest BCUT2D eigenvalue weighted by Crippen LogP contribution is 2.16. The highest BCUT2D eigenvalue weighted by molar-refractivity contribution is 7.13. The Morgan fingerprint density at radius 1 is 1.24 bits per heavy atom. The molecule has 0 radical (unpaired) electrons. The molecule has 0 saturated heterocycles. The summed E-state index contributed by atoms with van der Waals surface area (Å²) < 4.78 is 4.72. The molecule has 0 aliphatic rings. The van der Waals surface area contributed by atoms with Crippen LogP contribution in [0.1, 0.15) is 10.5 Å². The molecule has 7 nitrogen and oxygen atoms in total. The van der Waals surface area contributed by atoms with Crippen molar-refractivity contribution >= 4 is 39.7 Å². The second kappa shape index (κ2) is 6.82. The van der Waals surface area contributed by atoms with Gasteiger partial charge < -0.3 is 21.1 Å². The molecule has 2 amide bonds. The number of aromatic nitrogens is 1. The highest BCUT2D eigenvalue weighted by Gasteiger charge is 2.10. The van der Waals surface area contributed by atoms with Crippen molar-refractivity contribution in [3.8, 4) is 0 Å². The van der Waals surface area contributed by atoms with Gasteiger partial charge in [-0.1, -0.05) is 0 Å². The van der Waals surface area contributed by atoms with Gasteiger partial charge in [0.05, 0.1) is 0 Å². The molecule has 2 aromatic rings. The van der Waals surface area contributed by atoms with Crippen LogP contribution in [0.4, 0.5) is 16.5 Å². The van der Waals surface area contributed by atoms with Gasteiger partial charge in [0.15, 0.2) is 5.13 Å². The summed E-state index contributed by atoms with van der Waals surface area (Å²) in [5, 5.41) is 7.28. The zero-order chi connectivity index (χ0) is 15.2. The molecule has 110 valence electrons. The number of hydrogen-bond acceptors (Lipinski definition) is 6. The molecule has 1 heterocycles. The average molecular weight is 306 g/mol. The highest BCUT2D eigenvalue weighted by atomic mass is 32.1. The van der Waals surface area contributed by atoms with Gasteiger partial charge in [-0.15, -0.1) is 11.3 Å². The fraction of sp³-hybridized carbons (Fsp3) is 0.154. The maximum absolute atomic E-state index is 11.9. The Morgan fingerprint density at radius 2 is 1.86 bits per heavy atom. The zero-order valence-corrected chi connectivity index (χ0v) is 12.1. The Bertz CT molecular complexity index is 639. The smallest absolute Gasteiger partial charge is 0.275 e. The minimum absolute atomic E-state index is 0.0102. The lowest BCUT2D eigenvalue weighted by atomic mass is 10.2. The molecule has 0 bridgehead atoms. The Labute approximate surface area is 125 Å². The number of carbonyl (C=O) groups is 2. The minimum atomic E-state index is -0.334. The number of hydrogen-bond donors (Lipinski definition) is 3. The summed E-state index contributed by atoms with van der Waals surface area (Å²) in [5.74, 6) is -0.577. The third kappa shape index (κ3) is 4.26. The van der Waals surface area contributed by atoms with Crippen molar-refractivity contribution in [3.05, 3.63) is 35.3 Å². The predicted molar refractivity (Wildman–Crippen MR) is 81.4 cm³/mol. The van der Waals surface area contributed by atoms with E-state index in [2.05, 4.69) is 15.6 Å². The molecular weight excluding hydrogens is 292 g/mol. The molecule has 0 saturated carbocycles. The van der Waals surface area contributed by atoms with Crippen molar-refractivity contribution in [2.24, 2.45) is 0 Å². The first-order valence-electron chi connectivity index (χ1n) is 5.99. The minimum Gasteiger partial charge on any atom is -0.375 e. The number of nitrogen functional groups attached to an aromatic ring is 1. The molecule has 1 aromatic carbocycles. The van der Waals surface area contributed by atoms with Crippen LogP contribution >= 0.6 is 11.3 Å². The monoisotopic (exact) mass is 306 g/mol. The van der Waals surface area contributed by atoms with Crippen molar-refractivity contribution in [1.82, 2.24) is 4.98 Å². The molecule has 0 fully saturated rings. The largest absolute Gasteiger partial charge is 0.375 e. The van der Waals surface area contributed by atoms with Crippen molar-refractivity contribution in [2.45, 2.75) is 0 Å². The van der Waals surface area contributed by atoms with E-state index >= 15 is 0 Å². The van der Waals surface area contributed by atoms with E-state index in [9.17, 15) is 9.59 Å². The van der Waals surface area contributed by atoms with Gasteiger partial charge >= 0.3 is 0 Å². The van der Waals surface area contributed by atoms with E-state index < -0.39 is 0 Å². The quantitative estimate of drug-likeness (QED) is 0.777. The Balaban J connectivity index is 1.96. The van der Waals surface area contributed by atoms with E-state index in [0.717, 1.165) is 0 Å². The Kier molecular flexibility index (Phi) is 4.85. The second-order valence-corrected chi connectivity index (χ2v) is 4.97. The van der Waals surface area contributed by atoms with Gasteiger partial charge in [0.25, 0.3) is 5.91 Å². The fourth-order valence-electron chi connectivity index (χ4n) is 1.55. The summed E-state index contributed by atoms with van der Waals surface area (Å²) in [4.78, 5) is 27.1. The summed E-state index contributed by atoms with van der Waals surface area (Å²) in [7, 11) is 1.45. The van der Waals surface area contributed by atoms with Crippen LogP contribution in [-0.2, 0) is 9.53 Å². The first kappa shape index (κ1) is 14.9. The molecule has 0 atom stereocenters. The van der Waals surface area contributed by atoms with E-state index in [1.54, 1.807) is 29.6 Å². The van der Waals surface area contributed by atoms with Gasteiger partial charge in [-0.3, -0.25) is 9.59 Å².